The molecule has 3 heterocycles. The summed E-state index contributed by atoms with van der Waals surface area (Å²) >= 11 is 0. The summed E-state index contributed by atoms with van der Waals surface area (Å²) < 4.78 is 50.7. The molecule has 0 atom stereocenters. The molecule has 192 valence electrons. The number of nitrogens with zero attached hydrogens (tertiary/aromatic N) is 5. The molecule has 4 aromatic rings. The van der Waals surface area contributed by atoms with Gasteiger partial charge in [0.1, 0.15) is 29.2 Å². The van der Waals surface area contributed by atoms with E-state index >= 15 is 4.39 Å². The van der Waals surface area contributed by atoms with Crippen LogP contribution in [-0.2, 0) is 4.79 Å². The molecule has 1 aliphatic heterocycles. The van der Waals surface area contributed by atoms with Crippen molar-refractivity contribution in [2.75, 3.05) is 31.1 Å². The van der Waals surface area contributed by atoms with Crippen LogP contribution >= 0.6 is 0 Å². The van der Waals surface area contributed by atoms with Crippen LogP contribution in [0.2, 0.25) is 0 Å². The van der Waals surface area contributed by atoms with Gasteiger partial charge in [-0.05, 0) is 42.3 Å². The van der Waals surface area contributed by atoms with Gasteiger partial charge in [-0.2, -0.15) is 0 Å². The van der Waals surface area contributed by atoms with Gasteiger partial charge >= 0.3 is 0 Å². The smallest absolute Gasteiger partial charge is 0.246 e. The molecule has 0 radical (unpaired) electrons. The van der Waals surface area contributed by atoms with Crippen LogP contribution in [0.5, 0.6) is 0 Å². The van der Waals surface area contributed by atoms with Crippen molar-refractivity contribution in [3.05, 3.63) is 72.7 Å². The van der Waals surface area contributed by atoms with E-state index in [0.717, 1.165) is 12.3 Å². The first kappa shape index (κ1) is 26.0. The monoisotopic (exact) mass is 511 g/mol. The van der Waals surface area contributed by atoms with E-state index in [4.69, 9.17) is 0 Å². The Labute approximate surface area is 211 Å². The number of benzene rings is 2. The van der Waals surface area contributed by atoms with Crippen LogP contribution in [0.1, 0.15) is 12.5 Å². The fourth-order valence-electron chi connectivity index (χ4n) is 4.42. The summed E-state index contributed by atoms with van der Waals surface area (Å²) in [6.07, 6.45) is 2.04. The molecule has 0 spiro atoms. The fourth-order valence-corrected chi connectivity index (χ4v) is 4.42. The maximum absolute atomic E-state index is 15.7. The second kappa shape index (κ2) is 10.9. The van der Waals surface area contributed by atoms with E-state index in [2.05, 4.69) is 21.5 Å². The van der Waals surface area contributed by atoms with Gasteiger partial charge in [-0.25, -0.2) is 27.5 Å². The summed E-state index contributed by atoms with van der Waals surface area (Å²) in [7, 11) is 0. The van der Waals surface area contributed by atoms with Gasteiger partial charge in [-0.15, -0.1) is 0 Å². The van der Waals surface area contributed by atoms with Gasteiger partial charge in [0, 0.05) is 37.9 Å². The first-order chi connectivity index (χ1) is 17.7. The zero-order valence-electron chi connectivity index (χ0n) is 20.4. The molecule has 2 aromatic carbocycles. The van der Waals surface area contributed by atoms with Crippen molar-refractivity contribution in [2.45, 2.75) is 20.3 Å². The minimum atomic E-state index is -2.17. The Morgan fingerprint density at radius 1 is 1.05 bits per heavy atom. The van der Waals surface area contributed by atoms with E-state index in [9.17, 15) is 18.0 Å². The molecule has 0 saturated carbocycles. The average Bonchev–Trinajstić information content (AvgIpc) is 2.90. The van der Waals surface area contributed by atoms with E-state index in [1.165, 1.54) is 18.5 Å². The number of amides is 1. The zero-order chi connectivity index (χ0) is 26.7. The third kappa shape index (κ3) is 5.23. The van der Waals surface area contributed by atoms with Crippen molar-refractivity contribution in [3.63, 3.8) is 0 Å². The lowest BCUT2D eigenvalue weighted by molar-refractivity contribution is -0.126. The van der Waals surface area contributed by atoms with Gasteiger partial charge in [0.15, 0.2) is 5.82 Å². The molecule has 1 amide bonds. The minimum absolute atomic E-state index is 0.110. The van der Waals surface area contributed by atoms with Crippen molar-refractivity contribution in [1.82, 2.24) is 19.9 Å². The van der Waals surface area contributed by atoms with Crippen molar-refractivity contribution in [3.8, 4) is 11.3 Å². The number of aromatic nitrogens is 3. The summed E-state index contributed by atoms with van der Waals surface area (Å²) in [6, 6.07) is 8.49. The molecular weight excluding hydrogens is 486 g/mol. The highest BCUT2D eigenvalue weighted by Gasteiger charge is 2.24. The Bertz CT molecular complexity index is 1470. The number of hydrogen-bond acceptors (Lipinski definition) is 5. The molecule has 2 aromatic heterocycles. The molecule has 1 fully saturated rings. The molecule has 37 heavy (non-hydrogen) atoms. The van der Waals surface area contributed by atoms with Crippen molar-refractivity contribution in [1.29, 1.82) is 0 Å². The molecule has 0 N–H and O–H groups in total. The van der Waals surface area contributed by atoms with Crippen molar-refractivity contribution in [2.24, 2.45) is 0 Å². The molecule has 0 aliphatic carbocycles. The van der Waals surface area contributed by atoms with Crippen LogP contribution in [0.4, 0.5) is 23.4 Å². The van der Waals surface area contributed by atoms with Gasteiger partial charge in [-0.3, -0.25) is 9.78 Å². The summed E-state index contributed by atoms with van der Waals surface area (Å²) in [4.78, 5) is 28.6. The van der Waals surface area contributed by atoms with Crippen LogP contribution in [0.15, 0.2) is 55.5 Å². The van der Waals surface area contributed by atoms with Crippen LogP contribution in [0, 0.1) is 18.6 Å². The number of fused-ring (bicyclic) bond motifs is 2. The normalized spacial score (nSPS) is 13.6. The number of aryl methyl sites for hydroxylation is 1. The number of piperazine rings is 1. The van der Waals surface area contributed by atoms with Crippen LogP contribution in [0.3, 0.4) is 0 Å². The number of pyridine rings is 1. The summed E-state index contributed by atoms with van der Waals surface area (Å²) in [5.41, 5.74) is 1.23. The largest absolute Gasteiger partial charge is 0.352 e. The Kier molecular flexibility index (Phi) is 7.66. The predicted octanol–water partition coefficient (Wildman–Crippen LogP) is 5.54. The van der Waals surface area contributed by atoms with E-state index in [1.807, 2.05) is 11.0 Å². The van der Waals surface area contributed by atoms with Gasteiger partial charge in [0.05, 0.1) is 5.39 Å². The lowest BCUT2D eigenvalue weighted by Gasteiger charge is -2.35. The third-order valence-corrected chi connectivity index (χ3v) is 6.16. The van der Waals surface area contributed by atoms with E-state index in [-0.39, 0.29) is 22.9 Å². The molecule has 0 bridgehead atoms. The van der Waals surface area contributed by atoms with E-state index < -0.39 is 12.2 Å². The van der Waals surface area contributed by atoms with Gasteiger partial charge < -0.3 is 9.80 Å². The molecule has 5 rings (SSSR count). The molecule has 10 heteroatoms. The molecular formula is C27H25F4N5O. The number of hydrogen-bond donors (Lipinski definition) is 0. The highest BCUT2D eigenvalue weighted by atomic mass is 19.3. The second-order valence-electron chi connectivity index (χ2n) is 8.49. The minimum Gasteiger partial charge on any atom is -0.352 e. The summed E-state index contributed by atoms with van der Waals surface area (Å²) in [5, 5.41) is 1.92. The van der Waals surface area contributed by atoms with E-state index in [0.29, 0.717) is 53.9 Å². The van der Waals surface area contributed by atoms with Crippen LogP contribution in [-0.4, -0.2) is 58.4 Å². The highest BCUT2D eigenvalue weighted by Crippen LogP contribution is 2.35. The number of alkyl halides is 2. The molecule has 1 saturated heterocycles. The van der Waals surface area contributed by atoms with Gasteiger partial charge in [0.25, 0.3) is 0 Å². The lowest BCUT2D eigenvalue weighted by Crippen LogP contribution is -2.48. The summed E-state index contributed by atoms with van der Waals surface area (Å²) in [6.45, 7) is 8.18. The number of carbonyl (C=O) groups excluding carboxylic acids is 1. The van der Waals surface area contributed by atoms with Crippen molar-refractivity contribution >= 4 is 33.4 Å². The first-order valence-corrected chi connectivity index (χ1v) is 11.6. The Hall–Kier alpha value is -4.08. The second-order valence-corrected chi connectivity index (χ2v) is 8.49. The molecule has 6 nitrogen and oxygen atoms in total. The maximum Gasteiger partial charge on any atom is 0.246 e. The number of anilines is 1. The standard InChI is InChI=1S/C25H21F2N5O.C2H4F2/c1-3-20(33)31-9-11-32(12-10-31)25-18-13-28-23(22(27)24(18)29-14-30-25)17-6-4-5-16-7-8-19(26)15(2)21(16)17;1-2(3)4/h3-8,13-14H,1,9-12H2,2H3;2H,1H3. The quantitative estimate of drug-likeness (QED) is 0.267. The van der Waals surface area contributed by atoms with Crippen molar-refractivity contribution < 1.29 is 22.4 Å². The topological polar surface area (TPSA) is 62.2 Å². The highest BCUT2D eigenvalue weighted by molar-refractivity contribution is 6.00. The Morgan fingerprint density at radius 2 is 1.76 bits per heavy atom. The predicted molar refractivity (Wildman–Crippen MR) is 136 cm³/mol. The Balaban J connectivity index is 0.000000747. The fraction of sp³-hybridized carbons (Fsp3) is 0.259. The van der Waals surface area contributed by atoms with Gasteiger partial charge in [-0.1, -0.05) is 30.8 Å². The average molecular weight is 512 g/mol. The third-order valence-electron chi connectivity index (χ3n) is 6.16. The molecule has 0 unspecified atom stereocenters. The van der Waals surface area contributed by atoms with Gasteiger partial charge in [0.2, 0.25) is 12.3 Å². The summed E-state index contributed by atoms with van der Waals surface area (Å²) in [5.74, 6) is -0.465. The van der Waals surface area contributed by atoms with Crippen LogP contribution in [0.25, 0.3) is 32.9 Å². The Morgan fingerprint density at radius 3 is 2.43 bits per heavy atom. The van der Waals surface area contributed by atoms with Crippen LogP contribution < -0.4 is 4.90 Å². The lowest BCUT2D eigenvalue weighted by atomic mass is 9.97. The van der Waals surface area contributed by atoms with E-state index in [1.54, 1.807) is 36.2 Å². The molecule has 1 aliphatic rings. The zero-order valence-corrected chi connectivity index (χ0v) is 20.4. The maximum atomic E-state index is 15.7. The first-order valence-electron chi connectivity index (χ1n) is 11.6. The SMILES string of the molecule is C=CC(=O)N1CCN(c2ncnc3c(F)c(-c4cccc5ccc(F)c(C)c45)ncc23)CC1.CC(F)F. The number of halogens is 4. The number of carbonyl (C=O) groups is 1. The number of rotatable bonds is 3.